The van der Waals surface area contributed by atoms with E-state index in [0.717, 1.165) is 6.42 Å². The van der Waals surface area contributed by atoms with Crippen LogP contribution in [0, 0.1) is 0 Å². The third kappa shape index (κ3) is 1.53. The van der Waals surface area contributed by atoms with Gasteiger partial charge in [-0.15, -0.1) is 0 Å². The van der Waals surface area contributed by atoms with Gasteiger partial charge in [0.05, 0.1) is 0 Å². The van der Waals surface area contributed by atoms with Crippen LogP contribution in [0.3, 0.4) is 0 Å². The molecular formula is C15H13NO3. The van der Waals surface area contributed by atoms with Crippen molar-refractivity contribution < 1.29 is 14.7 Å². The molecule has 3 rings (SSSR count). The Balaban J connectivity index is 2.35. The van der Waals surface area contributed by atoms with Crippen LogP contribution in [-0.4, -0.2) is 28.4 Å². The maximum absolute atomic E-state index is 12.3. The van der Waals surface area contributed by atoms with Gasteiger partial charge in [-0.2, -0.15) is 0 Å². The lowest BCUT2D eigenvalue weighted by atomic mass is 9.93. The van der Waals surface area contributed by atoms with E-state index >= 15 is 0 Å². The van der Waals surface area contributed by atoms with Gasteiger partial charge >= 0.3 is 0 Å². The highest BCUT2D eigenvalue weighted by atomic mass is 16.3. The average molecular weight is 255 g/mol. The largest absolute Gasteiger partial charge is 0.507 e. The fraction of sp³-hybridized carbons (Fsp3) is 0.200. The Morgan fingerprint density at radius 2 is 1.74 bits per heavy atom. The molecule has 0 spiro atoms. The Kier molecular flexibility index (Phi) is 2.52. The second kappa shape index (κ2) is 4.09. The average Bonchev–Trinajstić information content (AvgIpc) is 2.42. The molecule has 2 aromatic rings. The normalized spacial score (nSPS) is 14.3. The van der Waals surface area contributed by atoms with E-state index in [-0.39, 0.29) is 17.6 Å². The first kappa shape index (κ1) is 11.7. The Labute approximate surface area is 110 Å². The van der Waals surface area contributed by atoms with Gasteiger partial charge in [-0.25, -0.2) is 0 Å². The Morgan fingerprint density at radius 3 is 2.42 bits per heavy atom. The van der Waals surface area contributed by atoms with Crippen LogP contribution in [0.5, 0.6) is 5.75 Å². The summed E-state index contributed by atoms with van der Waals surface area (Å²) in [6.45, 7) is 2.34. The number of aromatic hydroxyl groups is 1. The number of hydrogen-bond donors (Lipinski definition) is 1. The van der Waals surface area contributed by atoms with Crippen LogP contribution in [0.15, 0.2) is 30.3 Å². The van der Waals surface area contributed by atoms with Gasteiger partial charge in [-0.1, -0.05) is 19.1 Å². The number of phenols is 1. The molecule has 0 bridgehead atoms. The number of rotatable bonds is 2. The van der Waals surface area contributed by atoms with Crippen LogP contribution in [-0.2, 0) is 0 Å². The summed E-state index contributed by atoms with van der Waals surface area (Å²) < 4.78 is 0. The number of nitrogens with zero attached hydrogens (tertiary/aromatic N) is 1. The number of imide groups is 1. The second-order valence-electron chi connectivity index (χ2n) is 4.62. The molecule has 0 saturated heterocycles. The Hall–Kier alpha value is -2.36. The fourth-order valence-electron chi connectivity index (χ4n) is 2.56. The van der Waals surface area contributed by atoms with Crippen molar-refractivity contribution in [2.45, 2.75) is 13.3 Å². The van der Waals surface area contributed by atoms with E-state index in [4.69, 9.17) is 0 Å². The molecule has 2 aromatic carbocycles. The molecule has 0 aliphatic carbocycles. The molecule has 96 valence electrons. The van der Waals surface area contributed by atoms with Gasteiger partial charge in [-0.05, 0) is 24.6 Å². The first-order valence-corrected chi connectivity index (χ1v) is 6.26. The van der Waals surface area contributed by atoms with Crippen molar-refractivity contribution in [2.24, 2.45) is 0 Å². The van der Waals surface area contributed by atoms with E-state index in [1.165, 1.54) is 11.0 Å². The molecule has 0 atom stereocenters. The summed E-state index contributed by atoms with van der Waals surface area (Å²) in [6, 6.07) is 8.22. The molecular weight excluding hydrogens is 242 g/mol. The first-order valence-electron chi connectivity index (χ1n) is 6.26. The highest BCUT2D eigenvalue weighted by Gasteiger charge is 2.32. The third-order valence-corrected chi connectivity index (χ3v) is 3.42. The van der Waals surface area contributed by atoms with Crippen molar-refractivity contribution >= 4 is 22.6 Å². The second-order valence-corrected chi connectivity index (χ2v) is 4.62. The van der Waals surface area contributed by atoms with Crippen molar-refractivity contribution in [2.75, 3.05) is 6.54 Å². The zero-order chi connectivity index (χ0) is 13.6. The molecule has 1 aliphatic rings. The van der Waals surface area contributed by atoms with E-state index in [2.05, 4.69) is 0 Å². The zero-order valence-electron chi connectivity index (χ0n) is 10.5. The van der Waals surface area contributed by atoms with Gasteiger partial charge in [0, 0.05) is 28.4 Å². The van der Waals surface area contributed by atoms with Crippen molar-refractivity contribution in [3.8, 4) is 5.75 Å². The fourth-order valence-corrected chi connectivity index (χ4v) is 2.56. The van der Waals surface area contributed by atoms with Crippen LogP contribution in [0.4, 0.5) is 0 Å². The quantitative estimate of drug-likeness (QED) is 0.839. The van der Waals surface area contributed by atoms with Crippen LogP contribution in [0.25, 0.3) is 10.8 Å². The molecule has 1 heterocycles. The summed E-state index contributed by atoms with van der Waals surface area (Å²) in [6.07, 6.45) is 0.723. The monoisotopic (exact) mass is 255 g/mol. The molecule has 1 N–H and O–H groups in total. The minimum absolute atomic E-state index is 0.0881. The first-order chi connectivity index (χ1) is 9.15. The third-order valence-electron chi connectivity index (χ3n) is 3.42. The topological polar surface area (TPSA) is 57.6 Å². The molecule has 0 saturated carbocycles. The highest BCUT2D eigenvalue weighted by Crippen LogP contribution is 2.34. The number of hydrogen-bond acceptors (Lipinski definition) is 3. The van der Waals surface area contributed by atoms with E-state index in [9.17, 15) is 14.7 Å². The molecule has 19 heavy (non-hydrogen) atoms. The Morgan fingerprint density at radius 1 is 1.05 bits per heavy atom. The number of carbonyl (C=O) groups is 2. The van der Waals surface area contributed by atoms with Crippen LogP contribution < -0.4 is 0 Å². The number of phenolic OH excluding ortho intramolecular Hbond substituents is 1. The lowest BCUT2D eigenvalue weighted by Crippen LogP contribution is -2.40. The van der Waals surface area contributed by atoms with E-state index in [0.29, 0.717) is 28.4 Å². The minimum atomic E-state index is -0.282. The summed E-state index contributed by atoms with van der Waals surface area (Å²) in [4.78, 5) is 25.9. The molecule has 0 fully saturated rings. The van der Waals surface area contributed by atoms with E-state index < -0.39 is 0 Å². The van der Waals surface area contributed by atoms with Crippen molar-refractivity contribution in [3.05, 3.63) is 41.5 Å². The van der Waals surface area contributed by atoms with Gasteiger partial charge in [0.1, 0.15) is 5.75 Å². The molecule has 0 unspecified atom stereocenters. The number of carbonyl (C=O) groups excluding carboxylic acids is 2. The lowest BCUT2D eigenvalue weighted by Gasteiger charge is -2.26. The van der Waals surface area contributed by atoms with Crippen molar-refractivity contribution in [3.63, 3.8) is 0 Å². The summed E-state index contributed by atoms with van der Waals surface area (Å²) in [5.74, 6) is -0.476. The molecule has 2 amide bonds. The van der Waals surface area contributed by atoms with Gasteiger partial charge in [0.2, 0.25) is 0 Å². The number of amides is 2. The van der Waals surface area contributed by atoms with Crippen molar-refractivity contribution in [1.29, 1.82) is 0 Å². The van der Waals surface area contributed by atoms with Gasteiger partial charge < -0.3 is 5.11 Å². The highest BCUT2D eigenvalue weighted by molar-refractivity contribution is 6.26. The van der Waals surface area contributed by atoms with Crippen LogP contribution >= 0.6 is 0 Å². The van der Waals surface area contributed by atoms with E-state index in [1.54, 1.807) is 24.3 Å². The van der Waals surface area contributed by atoms with Gasteiger partial charge in [-0.3, -0.25) is 14.5 Å². The molecule has 0 radical (unpaired) electrons. The van der Waals surface area contributed by atoms with Gasteiger partial charge in [0.15, 0.2) is 0 Å². The zero-order valence-corrected chi connectivity index (χ0v) is 10.5. The summed E-state index contributed by atoms with van der Waals surface area (Å²) in [5, 5.41) is 11.0. The SMILES string of the molecule is CCCN1C(=O)c2cccc3c(O)ccc(c23)C1=O. The minimum Gasteiger partial charge on any atom is -0.507 e. The number of benzene rings is 2. The van der Waals surface area contributed by atoms with Crippen LogP contribution in [0.2, 0.25) is 0 Å². The summed E-state index contributed by atoms with van der Waals surface area (Å²) >= 11 is 0. The predicted molar refractivity (Wildman–Crippen MR) is 71.3 cm³/mol. The maximum atomic E-state index is 12.3. The lowest BCUT2D eigenvalue weighted by molar-refractivity contribution is 0.0611. The Bertz CT molecular complexity index is 684. The summed E-state index contributed by atoms with van der Waals surface area (Å²) in [7, 11) is 0. The molecule has 4 nitrogen and oxygen atoms in total. The standard InChI is InChI=1S/C15H13NO3/c1-2-8-16-14(18)10-5-3-4-9-12(17)7-6-11(13(9)10)15(16)19/h3-7,17H,2,8H2,1H3. The van der Waals surface area contributed by atoms with Crippen LogP contribution in [0.1, 0.15) is 34.1 Å². The molecule has 4 heteroatoms. The smallest absolute Gasteiger partial charge is 0.261 e. The van der Waals surface area contributed by atoms with Gasteiger partial charge in [0.25, 0.3) is 11.8 Å². The molecule has 1 aliphatic heterocycles. The van der Waals surface area contributed by atoms with Crippen molar-refractivity contribution in [1.82, 2.24) is 4.90 Å². The summed E-state index contributed by atoms with van der Waals surface area (Å²) in [5.41, 5.74) is 0.966. The molecule has 0 aromatic heterocycles. The maximum Gasteiger partial charge on any atom is 0.261 e. The van der Waals surface area contributed by atoms with E-state index in [1.807, 2.05) is 6.92 Å². The predicted octanol–water partition coefficient (Wildman–Crippen LogP) is 2.55.